The van der Waals surface area contributed by atoms with Gasteiger partial charge < -0.3 is 15.1 Å². The van der Waals surface area contributed by atoms with Crippen LogP contribution < -0.4 is 15.1 Å². The smallest absolute Gasteiger partial charge is 0.156 e. The molecule has 35 heavy (non-hydrogen) atoms. The Bertz CT molecular complexity index is 1340. The Hall–Kier alpha value is -4.64. The van der Waals surface area contributed by atoms with E-state index in [0.29, 0.717) is 17.2 Å². The van der Waals surface area contributed by atoms with Crippen LogP contribution in [-0.4, -0.2) is 46.3 Å². The SMILES string of the molecule is Cc1cc(Nc2cc(N3CCN(c4ccc(C#N)cc4)CC3)nc(C=Cc3ccccc3)n2)n[nH]1. The highest BCUT2D eigenvalue weighted by Gasteiger charge is 2.20. The largest absolute Gasteiger partial charge is 0.368 e. The standard InChI is InChI=1S/C27H26N8/c1-20-17-26(33-32-20)30-25-18-27(31-24(29-25)12-9-21-5-3-2-4-6-21)35-15-13-34(14-16-35)23-10-7-22(19-28)8-11-23/h2-12,17-18H,13-16H2,1H3,(H2,29,30,31,32,33). The minimum absolute atomic E-state index is 0.635. The van der Waals surface area contributed by atoms with Crippen LogP contribution in [0.4, 0.5) is 23.1 Å². The van der Waals surface area contributed by atoms with Gasteiger partial charge in [-0.05, 0) is 42.8 Å². The van der Waals surface area contributed by atoms with Crippen molar-refractivity contribution in [3.8, 4) is 6.07 Å². The van der Waals surface area contributed by atoms with Gasteiger partial charge in [0.1, 0.15) is 11.6 Å². The number of benzene rings is 2. The highest BCUT2D eigenvalue weighted by atomic mass is 15.3. The normalized spacial score (nSPS) is 13.7. The predicted octanol–water partition coefficient (Wildman–Crippen LogP) is 4.62. The van der Waals surface area contributed by atoms with E-state index in [1.807, 2.05) is 85.8 Å². The molecule has 0 saturated carbocycles. The van der Waals surface area contributed by atoms with Gasteiger partial charge in [0.15, 0.2) is 11.6 Å². The van der Waals surface area contributed by atoms with Gasteiger partial charge in [-0.25, -0.2) is 9.97 Å². The summed E-state index contributed by atoms with van der Waals surface area (Å²) in [5.41, 5.74) is 3.88. The quantitative estimate of drug-likeness (QED) is 0.431. The summed E-state index contributed by atoms with van der Waals surface area (Å²) in [5.74, 6) is 2.93. The molecule has 174 valence electrons. The van der Waals surface area contributed by atoms with Crippen LogP contribution in [0.15, 0.2) is 66.7 Å². The van der Waals surface area contributed by atoms with Crippen molar-refractivity contribution in [2.24, 2.45) is 0 Å². The minimum Gasteiger partial charge on any atom is -0.368 e. The molecule has 1 fully saturated rings. The number of nitriles is 1. The number of aromatic nitrogens is 4. The summed E-state index contributed by atoms with van der Waals surface area (Å²) < 4.78 is 0. The first-order valence-corrected chi connectivity index (χ1v) is 11.6. The molecule has 5 rings (SSSR count). The van der Waals surface area contributed by atoms with Gasteiger partial charge in [-0.1, -0.05) is 36.4 Å². The van der Waals surface area contributed by atoms with Gasteiger partial charge in [-0.2, -0.15) is 10.4 Å². The summed E-state index contributed by atoms with van der Waals surface area (Å²) in [6.45, 7) is 5.36. The number of hydrogen-bond acceptors (Lipinski definition) is 7. The summed E-state index contributed by atoms with van der Waals surface area (Å²) >= 11 is 0. The number of nitrogens with one attached hydrogen (secondary N) is 2. The first-order valence-electron chi connectivity index (χ1n) is 11.6. The molecule has 0 bridgehead atoms. The Morgan fingerprint density at radius 3 is 2.31 bits per heavy atom. The second kappa shape index (κ2) is 10.1. The summed E-state index contributed by atoms with van der Waals surface area (Å²) in [6.07, 6.45) is 3.96. The first kappa shape index (κ1) is 22.2. The Morgan fingerprint density at radius 2 is 1.63 bits per heavy atom. The first-order chi connectivity index (χ1) is 17.2. The van der Waals surface area contributed by atoms with Gasteiger partial charge in [0.05, 0.1) is 11.6 Å². The van der Waals surface area contributed by atoms with E-state index in [0.717, 1.165) is 54.8 Å². The molecule has 0 radical (unpaired) electrons. The van der Waals surface area contributed by atoms with E-state index < -0.39 is 0 Å². The predicted molar refractivity (Wildman–Crippen MR) is 140 cm³/mol. The maximum atomic E-state index is 9.04. The Labute approximate surface area is 204 Å². The number of H-pyrrole nitrogens is 1. The van der Waals surface area contributed by atoms with Crippen molar-refractivity contribution in [2.45, 2.75) is 6.92 Å². The van der Waals surface area contributed by atoms with Crippen molar-refractivity contribution in [3.63, 3.8) is 0 Å². The van der Waals surface area contributed by atoms with Crippen molar-refractivity contribution in [1.29, 1.82) is 5.26 Å². The fraction of sp³-hybridized carbons (Fsp3) is 0.185. The molecule has 0 amide bonds. The van der Waals surface area contributed by atoms with E-state index in [9.17, 15) is 0 Å². The molecule has 0 spiro atoms. The molecular weight excluding hydrogens is 436 g/mol. The van der Waals surface area contributed by atoms with Crippen molar-refractivity contribution in [1.82, 2.24) is 20.2 Å². The zero-order valence-electron chi connectivity index (χ0n) is 19.5. The van der Waals surface area contributed by atoms with Crippen LogP contribution in [0, 0.1) is 18.3 Å². The summed E-state index contributed by atoms with van der Waals surface area (Å²) in [6, 6.07) is 24.0. The highest BCUT2D eigenvalue weighted by molar-refractivity contribution is 5.69. The second-order valence-electron chi connectivity index (χ2n) is 8.41. The van der Waals surface area contributed by atoms with Gasteiger partial charge >= 0.3 is 0 Å². The molecule has 0 unspecified atom stereocenters. The topological polar surface area (TPSA) is 96.8 Å². The molecule has 4 aromatic rings. The molecule has 2 aromatic heterocycles. The lowest BCUT2D eigenvalue weighted by molar-refractivity contribution is 0.646. The average molecular weight is 463 g/mol. The number of aromatic amines is 1. The van der Waals surface area contributed by atoms with Gasteiger partial charge in [0, 0.05) is 49.7 Å². The van der Waals surface area contributed by atoms with E-state index in [4.69, 9.17) is 15.2 Å². The van der Waals surface area contributed by atoms with Gasteiger partial charge in [-0.3, -0.25) is 5.10 Å². The van der Waals surface area contributed by atoms with Crippen LogP contribution >= 0.6 is 0 Å². The fourth-order valence-corrected chi connectivity index (χ4v) is 4.04. The Balaban J connectivity index is 1.36. The Morgan fingerprint density at radius 1 is 0.886 bits per heavy atom. The lowest BCUT2D eigenvalue weighted by Gasteiger charge is -2.36. The third kappa shape index (κ3) is 5.47. The molecule has 0 aliphatic carbocycles. The lowest BCUT2D eigenvalue weighted by atomic mass is 10.2. The van der Waals surface area contributed by atoms with Crippen LogP contribution in [0.3, 0.4) is 0 Å². The molecule has 8 heteroatoms. The average Bonchev–Trinajstić information content (AvgIpc) is 3.32. The molecule has 2 aromatic carbocycles. The molecule has 1 saturated heterocycles. The monoisotopic (exact) mass is 462 g/mol. The third-order valence-corrected chi connectivity index (χ3v) is 5.88. The molecule has 0 atom stereocenters. The fourth-order valence-electron chi connectivity index (χ4n) is 4.04. The molecule has 1 aliphatic heterocycles. The number of piperazine rings is 1. The lowest BCUT2D eigenvalue weighted by Crippen LogP contribution is -2.46. The summed E-state index contributed by atoms with van der Waals surface area (Å²) in [4.78, 5) is 14.2. The maximum Gasteiger partial charge on any atom is 0.156 e. The minimum atomic E-state index is 0.635. The van der Waals surface area contributed by atoms with Crippen LogP contribution in [0.5, 0.6) is 0 Å². The van der Waals surface area contributed by atoms with Crippen molar-refractivity contribution in [3.05, 3.63) is 89.4 Å². The van der Waals surface area contributed by atoms with E-state index in [2.05, 4.69) is 31.4 Å². The number of nitrogens with zero attached hydrogens (tertiary/aromatic N) is 6. The van der Waals surface area contributed by atoms with Crippen molar-refractivity contribution < 1.29 is 0 Å². The third-order valence-electron chi connectivity index (χ3n) is 5.88. The van der Waals surface area contributed by atoms with Crippen LogP contribution in [0.25, 0.3) is 12.2 Å². The van der Waals surface area contributed by atoms with E-state index in [1.54, 1.807) is 0 Å². The van der Waals surface area contributed by atoms with Gasteiger partial charge in [0.2, 0.25) is 0 Å². The number of hydrogen-bond donors (Lipinski definition) is 2. The van der Waals surface area contributed by atoms with Crippen molar-refractivity contribution in [2.75, 3.05) is 41.3 Å². The highest BCUT2D eigenvalue weighted by Crippen LogP contribution is 2.23. The Kier molecular flexibility index (Phi) is 6.39. The zero-order chi connectivity index (χ0) is 24.0. The van der Waals surface area contributed by atoms with Gasteiger partial charge in [0.25, 0.3) is 0 Å². The molecule has 1 aliphatic rings. The molecule has 8 nitrogen and oxygen atoms in total. The number of anilines is 4. The number of aryl methyl sites for hydroxylation is 1. The number of rotatable bonds is 6. The molecular formula is C27H26N8. The molecule has 3 heterocycles. The van der Waals surface area contributed by atoms with E-state index in [1.165, 1.54) is 0 Å². The zero-order valence-corrected chi connectivity index (χ0v) is 19.5. The maximum absolute atomic E-state index is 9.04. The summed E-state index contributed by atoms with van der Waals surface area (Å²) in [5, 5.41) is 19.6. The van der Waals surface area contributed by atoms with Crippen molar-refractivity contribution >= 4 is 35.3 Å². The van der Waals surface area contributed by atoms with Gasteiger partial charge in [-0.15, -0.1) is 0 Å². The van der Waals surface area contributed by atoms with E-state index >= 15 is 0 Å². The van der Waals surface area contributed by atoms with Crippen LogP contribution in [0.1, 0.15) is 22.6 Å². The van der Waals surface area contributed by atoms with E-state index in [-0.39, 0.29) is 0 Å². The molecule has 2 N–H and O–H groups in total. The van der Waals surface area contributed by atoms with Crippen LogP contribution in [-0.2, 0) is 0 Å². The van der Waals surface area contributed by atoms with Crippen LogP contribution in [0.2, 0.25) is 0 Å². The summed E-state index contributed by atoms with van der Waals surface area (Å²) in [7, 11) is 0. The second-order valence-corrected chi connectivity index (χ2v) is 8.41.